The van der Waals surface area contributed by atoms with E-state index < -0.39 is 4.92 Å². The molecule has 26 heavy (non-hydrogen) atoms. The molecule has 0 saturated carbocycles. The van der Waals surface area contributed by atoms with Crippen LogP contribution in [-0.2, 0) is 0 Å². The van der Waals surface area contributed by atoms with E-state index in [1.807, 2.05) is 18.2 Å². The molecule has 0 fully saturated rings. The summed E-state index contributed by atoms with van der Waals surface area (Å²) in [5.74, 6) is 0. The van der Waals surface area contributed by atoms with E-state index >= 15 is 0 Å². The molecule has 0 aliphatic carbocycles. The highest BCUT2D eigenvalue weighted by Crippen LogP contribution is 2.35. The largest absolute Gasteiger partial charge is 0.354 e. The highest BCUT2D eigenvalue weighted by molar-refractivity contribution is 8.00. The fraction of sp³-hybridized carbons (Fsp3) is 0. The summed E-state index contributed by atoms with van der Waals surface area (Å²) in [6.07, 6.45) is 0. The number of para-hydroxylation sites is 1. The maximum atomic E-state index is 11.1. The van der Waals surface area contributed by atoms with Crippen molar-refractivity contribution in [2.75, 3.05) is 10.0 Å². The number of rotatable bonds is 6. The molecule has 2 N–H and O–H groups in total. The number of hydrogen-bond donors (Lipinski definition) is 2. The highest BCUT2D eigenvalue weighted by Gasteiger charge is 2.14. The third kappa shape index (κ3) is 4.60. The van der Waals surface area contributed by atoms with Gasteiger partial charge in [0.05, 0.1) is 16.3 Å². The van der Waals surface area contributed by atoms with Gasteiger partial charge in [-0.2, -0.15) is 0 Å². The Bertz CT molecular complexity index is 936. The Morgan fingerprint density at radius 3 is 2.31 bits per heavy atom. The number of nitro groups is 1. The Balaban J connectivity index is 1.82. The number of nitro benzene ring substituents is 1. The molecular weight excluding hydrogens is 393 g/mol. The lowest BCUT2D eigenvalue weighted by Crippen LogP contribution is -1.97. The molecule has 0 aliphatic heterocycles. The average Bonchev–Trinajstić information content (AvgIpc) is 2.63. The van der Waals surface area contributed by atoms with Crippen molar-refractivity contribution in [1.29, 1.82) is 0 Å². The summed E-state index contributed by atoms with van der Waals surface area (Å²) in [6, 6.07) is 19.1. The van der Waals surface area contributed by atoms with Crippen molar-refractivity contribution >= 4 is 57.9 Å². The minimum atomic E-state index is -0.404. The lowest BCUT2D eigenvalue weighted by Gasteiger charge is -2.14. The second-order valence-electron chi connectivity index (χ2n) is 5.25. The molecule has 0 aromatic heterocycles. The predicted octanol–water partition coefficient (Wildman–Crippen LogP) is 6.76. The van der Waals surface area contributed by atoms with Gasteiger partial charge in [-0.3, -0.25) is 10.1 Å². The summed E-state index contributed by atoms with van der Waals surface area (Å²) in [5, 5.41) is 15.6. The number of anilines is 3. The molecule has 8 heteroatoms. The second kappa shape index (κ2) is 8.31. The van der Waals surface area contributed by atoms with Gasteiger partial charge in [-0.1, -0.05) is 35.3 Å². The van der Waals surface area contributed by atoms with Crippen molar-refractivity contribution in [3.05, 3.63) is 86.9 Å². The van der Waals surface area contributed by atoms with Gasteiger partial charge in [-0.05, 0) is 60.5 Å². The number of benzene rings is 3. The lowest BCUT2D eigenvalue weighted by molar-refractivity contribution is -0.387. The summed E-state index contributed by atoms with van der Waals surface area (Å²) in [5.41, 5.74) is 2.37. The van der Waals surface area contributed by atoms with E-state index in [0.717, 1.165) is 17.1 Å². The van der Waals surface area contributed by atoms with E-state index in [0.29, 0.717) is 14.9 Å². The number of nitrogens with zero attached hydrogens (tertiary/aromatic N) is 1. The van der Waals surface area contributed by atoms with E-state index in [2.05, 4.69) is 10.0 Å². The lowest BCUT2D eigenvalue weighted by atomic mass is 10.2. The predicted molar refractivity (Wildman–Crippen MR) is 109 cm³/mol. The van der Waals surface area contributed by atoms with Crippen LogP contribution in [0.1, 0.15) is 0 Å². The van der Waals surface area contributed by atoms with E-state index in [1.165, 1.54) is 18.0 Å². The summed E-state index contributed by atoms with van der Waals surface area (Å²) >= 11 is 13.2. The Morgan fingerprint density at radius 2 is 1.58 bits per heavy atom. The fourth-order valence-electron chi connectivity index (χ4n) is 2.20. The van der Waals surface area contributed by atoms with Crippen LogP contribution in [0.2, 0.25) is 10.0 Å². The molecule has 3 rings (SSSR count). The van der Waals surface area contributed by atoms with Gasteiger partial charge in [-0.15, -0.1) is 0 Å². The average molecular weight is 406 g/mol. The second-order valence-corrected chi connectivity index (χ2v) is 6.97. The highest BCUT2D eigenvalue weighted by atomic mass is 35.5. The van der Waals surface area contributed by atoms with Crippen molar-refractivity contribution in [3.8, 4) is 0 Å². The van der Waals surface area contributed by atoms with Gasteiger partial charge >= 0.3 is 0 Å². The van der Waals surface area contributed by atoms with Crippen LogP contribution in [0, 0.1) is 10.1 Å². The van der Waals surface area contributed by atoms with Crippen LogP contribution in [0.4, 0.5) is 22.7 Å². The van der Waals surface area contributed by atoms with Crippen LogP contribution in [-0.4, -0.2) is 4.92 Å². The van der Waals surface area contributed by atoms with Crippen molar-refractivity contribution in [2.45, 2.75) is 4.90 Å². The molecule has 0 amide bonds. The third-order valence-electron chi connectivity index (χ3n) is 3.44. The number of halogens is 2. The SMILES string of the molecule is O=[N+]([O-])c1ccccc1SNc1ccc(Cl)cc1Nc1ccc(Cl)cc1. The van der Waals surface area contributed by atoms with Crippen LogP contribution < -0.4 is 10.0 Å². The molecule has 0 saturated heterocycles. The number of nitrogens with one attached hydrogen (secondary N) is 2. The normalized spacial score (nSPS) is 10.4. The van der Waals surface area contributed by atoms with Crippen molar-refractivity contribution < 1.29 is 4.92 Å². The Kier molecular flexibility index (Phi) is 5.88. The molecular formula is C18H13Cl2N3O2S. The van der Waals surface area contributed by atoms with Gasteiger partial charge < -0.3 is 10.0 Å². The monoisotopic (exact) mass is 405 g/mol. The molecule has 0 aliphatic rings. The topological polar surface area (TPSA) is 67.2 Å². The summed E-state index contributed by atoms with van der Waals surface area (Å²) in [4.78, 5) is 11.3. The van der Waals surface area contributed by atoms with Crippen LogP contribution in [0.25, 0.3) is 0 Å². The first-order chi connectivity index (χ1) is 12.5. The Hall–Kier alpha value is -2.41. The molecule has 3 aromatic carbocycles. The molecule has 0 unspecified atom stereocenters. The van der Waals surface area contributed by atoms with Crippen LogP contribution >= 0.6 is 35.1 Å². The summed E-state index contributed by atoms with van der Waals surface area (Å²) < 4.78 is 3.15. The van der Waals surface area contributed by atoms with E-state index in [1.54, 1.807) is 42.5 Å². The van der Waals surface area contributed by atoms with Crippen LogP contribution in [0.3, 0.4) is 0 Å². The standard InChI is InChI=1S/C18H13Cl2N3O2S/c19-12-5-8-14(9-6-12)21-16-11-13(20)7-10-15(16)22-26-18-4-2-1-3-17(18)23(24)25/h1-11,21-22H. The first kappa shape index (κ1) is 18.4. The van der Waals surface area contributed by atoms with Gasteiger partial charge in [0.15, 0.2) is 0 Å². The Morgan fingerprint density at radius 1 is 0.885 bits per heavy atom. The summed E-state index contributed by atoms with van der Waals surface area (Å²) in [6.45, 7) is 0. The zero-order chi connectivity index (χ0) is 18.5. The van der Waals surface area contributed by atoms with E-state index in [9.17, 15) is 10.1 Å². The van der Waals surface area contributed by atoms with Gasteiger partial charge in [-0.25, -0.2) is 0 Å². The van der Waals surface area contributed by atoms with E-state index in [4.69, 9.17) is 23.2 Å². The maximum absolute atomic E-state index is 11.1. The van der Waals surface area contributed by atoms with Gasteiger partial charge in [0.1, 0.15) is 4.90 Å². The molecule has 3 aromatic rings. The maximum Gasteiger partial charge on any atom is 0.284 e. The smallest absolute Gasteiger partial charge is 0.284 e. The third-order valence-corrected chi connectivity index (χ3v) is 4.81. The van der Waals surface area contributed by atoms with Crippen LogP contribution in [0.5, 0.6) is 0 Å². The zero-order valence-corrected chi connectivity index (χ0v) is 15.6. The molecule has 0 radical (unpaired) electrons. The van der Waals surface area contributed by atoms with Crippen molar-refractivity contribution in [3.63, 3.8) is 0 Å². The van der Waals surface area contributed by atoms with Crippen molar-refractivity contribution in [2.24, 2.45) is 0 Å². The molecule has 0 atom stereocenters. The summed E-state index contributed by atoms with van der Waals surface area (Å²) in [7, 11) is 0. The zero-order valence-electron chi connectivity index (χ0n) is 13.3. The molecule has 5 nitrogen and oxygen atoms in total. The van der Waals surface area contributed by atoms with Gasteiger partial charge in [0.25, 0.3) is 5.69 Å². The quantitative estimate of drug-likeness (QED) is 0.269. The first-order valence-corrected chi connectivity index (χ1v) is 9.08. The molecule has 0 bridgehead atoms. The molecule has 0 heterocycles. The molecule has 0 spiro atoms. The van der Waals surface area contributed by atoms with Crippen LogP contribution in [0.15, 0.2) is 71.6 Å². The number of hydrogen-bond acceptors (Lipinski definition) is 5. The Labute approximate surface area is 164 Å². The van der Waals surface area contributed by atoms with E-state index in [-0.39, 0.29) is 5.69 Å². The van der Waals surface area contributed by atoms with Crippen molar-refractivity contribution in [1.82, 2.24) is 0 Å². The van der Waals surface area contributed by atoms with Gasteiger partial charge in [0.2, 0.25) is 0 Å². The minimum Gasteiger partial charge on any atom is -0.354 e. The first-order valence-electron chi connectivity index (χ1n) is 7.51. The molecule has 132 valence electrons. The minimum absolute atomic E-state index is 0.0474. The van der Waals surface area contributed by atoms with Gasteiger partial charge in [0, 0.05) is 21.8 Å². The fourth-order valence-corrected chi connectivity index (χ4v) is 3.29.